The molecular weight excluding hydrogens is 270 g/mol. The van der Waals surface area contributed by atoms with Crippen molar-refractivity contribution >= 4 is 11.6 Å². The highest BCUT2D eigenvalue weighted by Crippen LogP contribution is 2.27. The highest BCUT2D eigenvalue weighted by molar-refractivity contribution is 5.80. The highest BCUT2D eigenvalue weighted by Gasteiger charge is 2.31. The molecule has 0 heterocycles. The van der Waals surface area contributed by atoms with Crippen LogP contribution in [0.2, 0.25) is 0 Å². The van der Waals surface area contributed by atoms with Gasteiger partial charge in [-0.3, -0.25) is 14.9 Å². The molecule has 2 unspecified atom stereocenters. The third-order valence-corrected chi connectivity index (χ3v) is 4.08. The van der Waals surface area contributed by atoms with E-state index in [0.29, 0.717) is 0 Å². The SMILES string of the molecule is CC(C)(NC(=O)C1CCC(N)C1)c1ccc([N+](=O)[O-])cc1. The second-order valence-electron chi connectivity index (χ2n) is 6.19. The van der Waals surface area contributed by atoms with E-state index in [1.807, 2.05) is 13.8 Å². The van der Waals surface area contributed by atoms with E-state index < -0.39 is 10.5 Å². The Labute approximate surface area is 123 Å². The Kier molecular flexibility index (Phi) is 4.27. The molecule has 1 aromatic rings. The molecule has 114 valence electrons. The predicted octanol–water partition coefficient (Wildman–Crippen LogP) is 2.07. The van der Waals surface area contributed by atoms with Crippen LogP contribution in [0, 0.1) is 16.0 Å². The van der Waals surface area contributed by atoms with Crippen LogP contribution in [0.25, 0.3) is 0 Å². The molecule has 0 saturated heterocycles. The van der Waals surface area contributed by atoms with Crippen molar-refractivity contribution in [2.24, 2.45) is 11.7 Å². The second kappa shape index (κ2) is 5.81. The third kappa shape index (κ3) is 3.58. The summed E-state index contributed by atoms with van der Waals surface area (Å²) in [6.45, 7) is 3.78. The minimum Gasteiger partial charge on any atom is -0.347 e. The van der Waals surface area contributed by atoms with E-state index in [1.54, 1.807) is 12.1 Å². The molecule has 1 fully saturated rings. The Morgan fingerprint density at radius 1 is 1.33 bits per heavy atom. The van der Waals surface area contributed by atoms with Crippen LogP contribution >= 0.6 is 0 Å². The van der Waals surface area contributed by atoms with Crippen molar-refractivity contribution in [1.82, 2.24) is 5.32 Å². The molecule has 21 heavy (non-hydrogen) atoms. The molecule has 1 aliphatic carbocycles. The van der Waals surface area contributed by atoms with Gasteiger partial charge < -0.3 is 11.1 Å². The van der Waals surface area contributed by atoms with Crippen molar-refractivity contribution in [2.45, 2.75) is 44.7 Å². The van der Waals surface area contributed by atoms with Crippen LogP contribution in [-0.2, 0) is 10.3 Å². The van der Waals surface area contributed by atoms with Gasteiger partial charge in [0.05, 0.1) is 10.5 Å². The van der Waals surface area contributed by atoms with Gasteiger partial charge in [0.15, 0.2) is 0 Å². The zero-order valence-electron chi connectivity index (χ0n) is 12.3. The summed E-state index contributed by atoms with van der Waals surface area (Å²) in [6, 6.07) is 6.38. The maximum atomic E-state index is 12.3. The molecule has 3 N–H and O–H groups in total. The fraction of sp³-hybridized carbons (Fsp3) is 0.533. The Bertz CT molecular complexity index is 540. The minimum atomic E-state index is -0.571. The number of rotatable bonds is 4. The van der Waals surface area contributed by atoms with Crippen LogP contribution in [0.4, 0.5) is 5.69 Å². The van der Waals surface area contributed by atoms with Crippen LogP contribution in [-0.4, -0.2) is 16.9 Å². The van der Waals surface area contributed by atoms with Crippen molar-refractivity contribution in [3.05, 3.63) is 39.9 Å². The molecular formula is C15H21N3O3. The second-order valence-corrected chi connectivity index (χ2v) is 6.19. The summed E-state index contributed by atoms with van der Waals surface area (Å²) in [6.07, 6.45) is 2.43. The fourth-order valence-corrected chi connectivity index (χ4v) is 2.74. The molecule has 6 heteroatoms. The topological polar surface area (TPSA) is 98.3 Å². The van der Waals surface area contributed by atoms with Crippen molar-refractivity contribution in [2.75, 3.05) is 0 Å². The Morgan fingerprint density at radius 3 is 2.43 bits per heavy atom. The highest BCUT2D eigenvalue weighted by atomic mass is 16.6. The molecule has 2 rings (SSSR count). The van der Waals surface area contributed by atoms with Crippen LogP contribution in [0.1, 0.15) is 38.7 Å². The van der Waals surface area contributed by atoms with Gasteiger partial charge in [-0.1, -0.05) is 0 Å². The number of hydrogen-bond acceptors (Lipinski definition) is 4. The zero-order valence-corrected chi connectivity index (χ0v) is 12.3. The van der Waals surface area contributed by atoms with E-state index in [9.17, 15) is 14.9 Å². The van der Waals surface area contributed by atoms with Gasteiger partial charge in [0, 0.05) is 24.1 Å². The van der Waals surface area contributed by atoms with Crippen molar-refractivity contribution in [3.63, 3.8) is 0 Å². The first-order valence-electron chi connectivity index (χ1n) is 7.12. The van der Waals surface area contributed by atoms with Crippen LogP contribution in [0.5, 0.6) is 0 Å². The van der Waals surface area contributed by atoms with Crippen LogP contribution < -0.4 is 11.1 Å². The first kappa shape index (κ1) is 15.4. The van der Waals surface area contributed by atoms with Gasteiger partial charge in [-0.05, 0) is 50.8 Å². The molecule has 1 saturated carbocycles. The summed E-state index contributed by atoms with van der Waals surface area (Å²) in [7, 11) is 0. The third-order valence-electron chi connectivity index (χ3n) is 4.08. The van der Waals surface area contributed by atoms with Gasteiger partial charge in [0.25, 0.3) is 5.69 Å². The number of benzene rings is 1. The molecule has 1 amide bonds. The van der Waals surface area contributed by atoms with E-state index in [2.05, 4.69) is 5.32 Å². The minimum absolute atomic E-state index is 0.00584. The van der Waals surface area contributed by atoms with Crippen molar-refractivity contribution in [1.29, 1.82) is 0 Å². The van der Waals surface area contributed by atoms with E-state index >= 15 is 0 Å². The maximum Gasteiger partial charge on any atom is 0.269 e. The Hall–Kier alpha value is -1.95. The predicted molar refractivity (Wildman–Crippen MR) is 79.6 cm³/mol. The summed E-state index contributed by atoms with van der Waals surface area (Å²) in [5.41, 5.74) is 6.15. The molecule has 0 radical (unpaired) electrons. The number of nitro benzene ring substituents is 1. The molecule has 1 aromatic carbocycles. The summed E-state index contributed by atoms with van der Waals surface area (Å²) in [5.74, 6) is -0.0244. The van der Waals surface area contributed by atoms with Gasteiger partial charge in [-0.2, -0.15) is 0 Å². The summed E-state index contributed by atoms with van der Waals surface area (Å²) >= 11 is 0. The van der Waals surface area contributed by atoms with Crippen LogP contribution in [0.15, 0.2) is 24.3 Å². The number of nitrogens with one attached hydrogen (secondary N) is 1. The number of amides is 1. The molecule has 2 atom stereocenters. The maximum absolute atomic E-state index is 12.3. The average molecular weight is 291 g/mol. The van der Waals surface area contributed by atoms with Crippen LogP contribution in [0.3, 0.4) is 0 Å². The molecule has 1 aliphatic rings. The quantitative estimate of drug-likeness (QED) is 0.655. The summed E-state index contributed by atoms with van der Waals surface area (Å²) < 4.78 is 0. The first-order chi connectivity index (χ1) is 9.79. The number of carbonyl (C=O) groups is 1. The Balaban J connectivity index is 2.06. The van der Waals surface area contributed by atoms with E-state index in [1.165, 1.54) is 12.1 Å². The standard InChI is InChI=1S/C15H21N3O3/c1-15(2,11-4-7-13(8-5-11)18(20)21)17-14(19)10-3-6-12(16)9-10/h4-5,7-8,10,12H,3,6,9,16H2,1-2H3,(H,17,19). The molecule has 6 nitrogen and oxygen atoms in total. The van der Waals surface area contributed by atoms with E-state index in [0.717, 1.165) is 24.8 Å². The monoisotopic (exact) mass is 291 g/mol. The molecule has 0 aliphatic heterocycles. The first-order valence-corrected chi connectivity index (χ1v) is 7.12. The normalized spacial score (nSPS) is 22.0. The number of carbonyl (C=O) groups excluding carboxylic acids is 1. The lowest BCUT2D eigenvalue weighted by Crippen LogP contribution is -2.43. The molecule has 0 bridgehead atoms. The van der Waals surface area contributed by atoms with Gasteiger partial charge >= 0.3 is 0 Å². The molecule has 0 spiro atoms. The largest absolute Gasteiger partial charge is 0.347 e. The van der Waals surface area contributed by atoms with Gasteiger partial charge in [0.2, 0.25) is 5.91 Å². The van der Waals surface area contributed by atoms with Crippen molar-refractivity contribution < 1.29 is 9.72 Å². The van der Waals surface area contributed by atoms with Gasteiger partial charge in [-0.25, -0.2) is 0 Å². The average Bonchev–Trinajstić information content (AvgIpc) is 2.85. The Morgan fingerprint density at radius 2 is 1.95 bits per heavy atom. The number of nitrogens with zero attached hydrogens (tertiary/aromatic N) is 1. The van der Waals surface area contributed by atoms with Crippen molar-refractivity contribution in [3.8, 4) is 0 Å². The lowest BCUT2D eigenvalue weighted by molar-refractivity contribution is -0.384. The fourth-order valence-electron chi connectivity index (χ4n) is 2.74. The van der Waals surface area contributed by atoms with Gasteiger partial charge in [0.1, 0.15) is 0 Å². The lowest BCUT2D eigenvalue weighted by Gasteiger charge is -2.28. The smallest absolute Gasteiger partial charge is 0.269 e. The number of nitro groups is 1. The van der Waals surface area contributed by atoms with E-state index in [-0.39, 0.29) is 23.6 Å². The van der Waals surface area contributed by atoms with E-state index in [4.69, 9.17) is 5.73 Å². The number of non-ortho nitro benzene ring substituents is 1. The summed E-state index contributed by atoms with van der Waals surface area (Å²) in [4.78, 5) is 22.5. The zero-order chi connectivity index (χ0) is 15.6. The number of nitrogens with two attached hydrogens (primary N) is 1. The van der Waals surface area contributed by atoms with Gasteiger partial charge in [-0.15, -0.1) is 0 Å². The lowest BCUT2D eigenvalue weighted by atomic mass is 9.92. The number of hydrogen-bond donors (Lipinski definition) is 2. The molecule has 0 aromatic heterocycles. The summed E-state index contributed by atoms with van der Waals surface area (Å²) in [5, 5.41) is 13.7.